The standard InChI is InChI=1S/C31H27Cl2N5O2/c1-21-7-5-6-10-26(21)38-18-24(22-8-3-2-4-9-22)29-30(34-20-35-31(29)38)37-15-13-36(14-16-37)28(39)19-40-27-12-11-23(32)17-25(27)33/h2-12,17-18,20H,13-16,19H2,1H3. The zero-order valence-electron chi connectivity index (χ0n) is 21.9. The van der Waals surface area contributed by atoms with Crippen LogP contribution in [0.4, 0.5) is 5.82 Å². The van der Waals surface area contributed by atoms with Gasteiger partial charge in [-0.05, 0) is 42.3 Å². The molecule has 6 rings (SSSR count). The lowest BCUT2D eigenvalue weighted by molar-refractivity contribution is -0.133. The molecular weight excluding hydrogens is 545 g/mol. The number of aryl methyl sites for hydroxylation is 1. The highest BCUT2D eigenvalue weighted by Gasteiger charge is 2.26. The van der Waals surface area contributed by atoms with Crippen molar-refractivity contribution in [2.24, 2.45) is 0 Å². The Morgan fingerprint density at radius 3 is 2.42 bits per heavy atom. The molecule has 1 amide bonds. The molecule has 202 valence electrons. The zero-order valence-corrected chi connectivity index (χ0v) is 23.4. The third-order valence-corrected chi connectivity index (χ3v) is 7.73. The average molecular weight is 572 g/mol. The lowest BCUT2D eigenvalue weighted by Crippen LogP contribution is -2.50. The molecule has 3 heterocycles. The Kier molecular flexibility index (Phi) is 7.32. The van der Waals surface area contributed by atoms with Gasteiger partial charge in [-0.3, -0.25) is 4.79 Å². The van der Waals surface area contributed by atoms with Crippen molar-refractivity contribution in [2.45, 2.75) is 6.92 Å². The van der Waals surface area contributed by atoms with E-state index in [0.29, 0.717) is 42.0 Å². The lowest BCUT2D eigenvalue weighted by Gasteiger charge is -2.35. The summed E-state index contributed by atoms with van der Waals surface area (Å²) in [4.78, 5) is 26.5. The molecule has 1 aliphatic heterocycles. The molecule has 0 N–H and O–H groups in total. The Hall–Kier alpha value is -4.07. The lowest BCUT2D eigenvalue weighted by atomic mass is 10.1. The van der Waals surface area contributed by atoms with Crippen molar-refractivity contribution >= 4 is 46.0 Å². The van der Waals surface area contributed by atoms with Crippen LogP contribution in [0.15, 0.2) is 85.3 Å². The van der Waals surface area contributed by atoms with Crippen LogP contribution in [0.1, 0.15) is 5.56 Å². The molecule has 2 aromatic heterocycles. The smallest absolute Gasteiger partial charge is 0.260 e. The Balaban J connectivity index is 1.27. The predicted molar refractivity (Wildman–Crippen MR) is 160 cm³/mol. The molecule has 0 bridgehead atoms. The van der Waals surface area contributed by atoms with Crippen molar-refractivity contribution in [3.8, 4) is 22.6 Å². The maximum absolute atomic E-state index is 12.9. The van der Waals surface area contributed by atoms with E-state index in [1.807, 2.05) is 35.2 Å². The van der Waals surface area contributed by atoms with Crippen molar-refractivity contribution in [3.05, 3.63) is 101 Å². The predicted octanol–water partition coefficient (Wildman–Crippen LogP) is 6.43. The molecule has 7 nitrogen and oxygen atoms in total. The summed E-state index contributed by atoms with van der Waals surface area (Å²) in [7, 11) is 0. The first kappa shape index (κ1) is 26.2. The molecule has 9 heteroatoms. The maximum Gasteiger partial charge on any atom is 0.260 e. The van der Waals surface area contributed by atoms with E-state index < -0.39 is 0 Å². The van der Waals surface area contributed by atoms with Gasteiger partial charge in [-0.25, -0.2) is 9.97 Å². The maximum atomic E-state index is 12.9. The summed E-state index contributed by atoms with van der Waals surface area (Å²) < 4.78 is 7.83. The number of benzene rings is 3. The Morgan fingerprint density at radius 2 is 1.68 bits per heavy atom. The summed E-state index contributed by atoms with van der Waals surface area (Å²) >= 11 is 12.1. The highest BCUT2D eigenvalue weighted by molar-refractivity contribution is 6.35. The third kappa shape index (κ3) is 5.10. The second-order valence-electron chi connectivity index (χ2n) is 9.69. The van der Waals surface area contributed by atoms with E-state index in [0.717, 1.165) is 39.2 Å². The van der Waals surface area contributed by atoms with Crippen LogP contribution in [0, 0.1) is 6.92 Å². The van der Waals surface area contributed by atoms with Gasteiger partial charge in [-0.15, -0.1) is 0 Å². The minimum Gasteiger partial charge on any atom is -0.482 e. The van der Waals surface area contributed by atoms with Gasteiger partial charge in [-0.1, -0.05) is 71.7 Å². The van der Waals surface area contributed by atoms with Gasteiger partial charge in [0.05, 0.1) is 10.4 Å². The molecule has 0 aliphatic carbocycles. The van der Waals surface area contributed by atoms with Crippen LogP contribution >= 0.6 is 23.2 Å². The van der Waals surface area contributed by atoms with Crippen LogP contribution in [-0.4, -0.2) is 58.1 Å². The van der Waals surface area contributed by atoms with E-state index >= 15 is 0 Å². The molecule has 1 saturated heterocycles. The van der Waals surface area contributed by atoms with Crippen molar-refractivity contribution in [1.29, 1.82) is 0 Å². The number of nitrogens with zero attached hydrogens (tertiary/aromatic N) is 5. The van der Waals surface area contributed by atoms with Crippen LogP contribution in [0.5, 0.6) is 5.75 Å². The fourth-order valence-corrected chi connectivity index (χ4v) is 5.59. The molecular formula is C31H27Cl2N5O2. The van der Waals surface area contributed by atoms with Gasteiger partial charge >= 0.3 is 0 Å². The van der Waals surface area contributed by atoms with Gasteiger partial charge in [0.15, 0.2) is 12.3 Å². The average Bonchev–Trinajstić information content (AvgIpc) is 3.37. The van der Waals surface area contributed by atoms with Crippen LogP contribution in [0.25, 0.3) is 27.8 Å². The number of hydrogen-bond donors (Lipinski definition) is 0. The second kappa shape index (κ2) is 11.2. The van der Waals surface area contributed by atoms with Crippen molar-refractivity contribution in [3.63, 3.8) is 0 Å². The number of ether oxygens (including phenoxy) is 1. The van der Waals surface area contributed by atoms with Gasteiger partial charge in [0, 0.05) is 48.6 Å². The van der Waals surface area contributed by atoms with Gasteiger partial charge in [0.2, 0.25) is 0 Å². The summed E-state index contributed by atoms with van der Waals surface area (Å²) in [6.45, 7) is 4.41. The zero-order chi connectivity index (χ0) is 27.6. The van der Waals surface area contributed by atoms with E-state index in [4.69, 9.17) is 37.9 Å². The van der Waals surface area contributed by atoms with Crippen molar-refractivity contribution in [2.75, 3.05) is 37.7 Å². The van der Waals surface area contributed by atoms with Gasteiger partial charge in [0.25, 0.3) is 5.91 Å². The highest BCUT2D eigenvalue weighted by atomic mass is 35.5. The summed E-state index contributed by atoms with van der Waals surface area (Å²) in [6, 6.07) is 23.6. The number of piperazine rings is 1. The molecule has 3 aromatic carbocycles. The summed E-state index contributed by atoms with van der Waals surface area (Å²) in [6.07, 6.45) is 3.78. The quantitative estimate of drug-likeness (QED) is 0.235. The van der Waals surface area contributed by atoms with Crippen LogP contribution in [-0.2, 0) is 4.79 Å². The molecule has 40 heavy (non-hydrogen) atoms. The van der Waals surface area contributed by atoms with E-state index in [2.05, 4.69) is 46.9 Å². The van der Waals surface area contributed by atoms with Crippen LogP contribution in [0.2, 0.25) is 10.0 Å². The number of amides is 1. The number of carbonyl (C=O) groups excluding carboxylic acids is 1. The molecule has 0 unspecified atom stereocenters. The first-order valence-corrected chi connectivity index (χ1v) is 13.8. The van der Waals surface area contributed by atoms with Crippen LogP contribution in [0.3, 0.4) is 0 Å². The molecule has 0 saturated carbocycles. The van der Waals surface area contributed by atoms with Crippen LogP contribution < -0.4 is 9.64 Å². The van der Waals surface area contributed by atoms with Gasteiger partial charge < -0.3 is 19.1 Å². The van der Waals surface area contributed by atoms with E-state index in [9.17, 15) is 4.79 Å². The Morgan fingerprint density at radius 1 is 0.925 bits per heavy atom. The van der Waals surface area contributed by atoms with E-state index in [1.165, 1.54) is 0 Å². The fraction of sp³-hybridized carbons (Fsp3) is 0.194. The summed E-state index contributed by atoms with van der Waals surface area (Å²) in [5, 5.41) is 1.89. The molecule has 0 radical (unpaired) electrons. The van der Waals surface area contributed by atoms with Crippen molar-refractivity contribution < 1.29 is 9.53 Å². The highest BCUT2D eigenvalue weighted by Crippen LogP contribution is 2.37. The largest absolute Gasteiger partial charge is 0.482 e. The minimum atomic E-state index is -0.0887. The molecule has 0 spiro atoms. The van der Waals surface area contributed by atoms with E-state index in [1.54, 1.807) is 24.5 Å². The Bertz CT molecular complexity index is 1680. The molecule has 0 atom stereocenters. The normalized spacial score (nSPS) is 13.6. The number of aromatic nitrogens is 3. The molecule has 1 fully saturated rings. The first-order chi connectivity index (χ1) is 19.5. The number of halogens is 2. The summed E-state index contributed by atoms with van der Waals surface area (Å²) in [5.74, 6) is 1.22. The van der Waals surface area contributed by atoms with E-state index in [-0.39, 0.29) is 12.5 Å². The third-order valence-electron chi connectivity index (χ3n) is 7.20. The topological polar surface area (TPSA) is 63.5 Å². The Labute approximate surface area is 242 Å². The number of carbonyl (C=O) groups is 1. The minimum absolute atomic E-state index is 0.0868. The number of rotatable bonds is 6. The summed E-state index contributed by atoms with van der Waals surface area (Å²) in [5.41, 5.74) is 5.26. The monoisotopic (exact) mass is 571 g/mol. The van der Waals surface area contributed by atoms with Crippen molar-refractivity contribution in [1.82, 2.24) is 19.4 Å². The number of hydrogen-bond acceptors (Lipinski definition) is 5. The SMILES string of the molecule is Cc1ccccc1-n1cc(-c2ccccc2)c2c(N3CCN(C(=O)COc4ccc(Cl)cc4Cl)CC3)ncnc21. The number of para-hydroxylation sites is 1. The first-order valence-electron chi connectivity index (χ1n) is 13.1. The fourth-order valence-electron chi connectivity index (χ4n) is 5.13. The van der Waals surface area contributed by atoms with Gasteiger partial charge in [-0.2, -0.15) is 0 Å². The van der Waals surface area contributed by atoms with Gasteiger partial charge in [0.1, 0.15) is 17.9 Å². The number of anilines is 1. The molecule has 5 aromatic rings. The number of fused-ring (bicyclic) bond motifs is 1. The second-order valence-corrected chi connectivity index (χ2v) is 10.5. The molecule has 1 aliphatic rings.